The highest BCUT2D eigenvalue weighted by Crippen LogP contribution is 2.53. The van der Waals surface area contributed by atoms with Gasteiger partial charge in [-0.2, -0.15) is 0 Å². The molecule has 2 N–H and O–H groups in total. The SMILES string of the molecule is COc1ccc2c(c1)CNc1ccccc1C2(c1ccccc1)c1ccc(F)cc1.Clc1ccc2c(c1)C(c1ccccc1)c1cc3ccccc3cc1CN2.O=C(Oc1ccccc1)N1Cc2ccccc2C(c2ccccc2)c2ccccc21.O=C(c1ccc(Cl)cc1)N1Cc2ccccc2C(c2ccccc2)c2ccccc21.O=C(c1ccccc1)N1Cc2ccccc2C(c2ccccc2)c2ccccc21. The van der Waals surface area contributed by atoms with Crippen molar-refractivity contribution >= 4 is 80.3 Å². The largest absolute Gasteiger partial charge is 0.497 e. The van der Waals surface area contributed by atoms with Crippen molar-refractivity contribution in [2.75, 3.05) is 32.4 Å². The number of carbonyl (C=O) groups is 3. The molecule has 0 spiro atoms. The van der Waals surface area contributed by atoms with E-state index in [1.165, 1.54) is 77.5 Å². The fourth-order valence-electron chi connectivity index (χ4n) is 21.5. The van der Waals surface area contributed by atoms with Crippen molar-refractivity contribution in [2.24, 2.45) is 0 Å². The summed E-state index contributed by atoms with van der Waals surface area (Å²) in [6, 6.07) is 169. The number of anilines is 5. The molecule has 20 aromatic carbocycles. The Hall–Kier alpha value is -17.2. The normalized spacial score (nSPS) is 15.6. The molecule has 5 heterocycles. The van der Waals surface area contributed by atoms with Gasteiger partial charge in [-0.1, -0.05) is 399 Å². The molecule has 5 atom stereocenters. The van der Waals surface area contributed by atoms with Gasteiger partial charge >= 0.3 is 6.09 Å². The van der Waals surface area contributed by atoms with Gasteiger partial charge in [-0.3, -0.25) is 14.5 Å². The van der Waals surface area contributed by atoms with Crippen LogP contribution < -0.4 is 34.8 Å². The third kappa shape index (κ3) is 19.7. The maximum atomic E-state index is 13.9. The topological polar surface area (TPSA) is 103 Å². The number of rotatable bonds is 10. The molecule has 0 saturated heterocycles. The van der Waals surface area contributed by atoms with Gasteiger partial charge in [0.2, 0.25) is 0 Å². The van der Waals surface area contributed by atoms with Gasteiger partial charge in [0.25, 0.3) is 11.8 Å². The van der Waals surface area contributed by atoms with Crippen LogP contribution in [-0.4, -0.2) is 25.0 Å². The molecular formula is C132H102Cl2FN5O5. The zero-order chi connectivity index (χ0) is 98.5. The predicted octanol–water partition coefficient (Wildman–Crippen LogP) is 31.8. The summed E-state index contributed by atoms with van der Waals surface area (Å²) in [6.45, 7) is 3.04. The van der Waals surface area contributed by atoms with Crippen LogP contribution in [0.3, 0.4) is 0 Å². The molecule has 5 unspecified atom stereocenters. The first-order chi connectivity index (χ1) is 71.4. The Morgan fingerprint density at radius 1 is 0.290 bits per heavy atom. The summed E-state index contributed by atoms with van der Waals surface area (Å²) < 4.78 is 25.1. The van der Waals surface area contributed by atoms with Crippen LogP contribution in [0, 0.1) is 5.82 Å². The second-order valence-electron chi connectivity index (χ2n) is 36.6. The average molecular weight is 1930 g/mol. The van der Waals surface area contributed by atoms with E-state index in [0.29, 0.717) is 48.1 Å². The van der Waals surface area contributed by atoms with Crippen LogP contribution in [0.5, 0.6) is 11.5 Å². The number of nitrogens with zero attached hydrogens (tertiary/aromatic N) is 3. The number of methoxy groups -OCH3 is 1. The number of hydrogen-bond acceptors (Lipinski definition) is 7. The van der Waals surface area contributed by atoms with E-state index >= 15 is 0 Å². The third-order valence-electron chi connectivity index (χ3n) is 28.1. The minimum Gasteiger partial charge on any atom is -0.497 e. The molecule has 0 radical (unpaired) electrons. The Balaban J connectivity index is 0.000000107. The molecule has 0 fully saturated rings. The number of nitrogens with one attached hydrogen (secondary N) is 2. The molecule has 0 bridgehead atoms. The van der Waals surface area contributed by atoms with Gasteiger partial charge < -0.3 is 29.9 Å². The summed E-state index contributed by atoms with van der Waals surface area (Å²) >= 11 is 12.4. The van der Waals surface area contributed by atoms with Gasteiger partial charge in [0, 0.05) is 80.7 Å². The fourth-order valence-corrected chi connectivity index (χ4v) is 21.8. The van der Waals surface area contributed by atoms with Crippen molar-refractivity contribution in [3.05, 3.63) is 647 Å². The van der Waals surface area contributed by atoms with E-state index < -0.39 is 5.41 Å². The summed E-state index contributed by atoms with van der Waals surface area (Å²) in [5, 5.41) is 11.2. The molecule has 10 nitrogen and oxygen atoms in total. The molecule has 0 aliphatic carbocycles. The van der Waals surface area contributed by atoms with E-state index in [4.69, 9.17) is 32.7 Å². The number of benzene rings is 20. The van der Waals surface area contributed by atoms with Crippen LogP contribution in [0.4, 0.5) is 37.6 Å². The van der Waals surface area contributed by atoms with Crippen LogP contribution in [0.15, 0.2) is 504 Å². The molecule has 5 aliphatic heterocycles. The second-order valence-corrected chi connectivity index (χ2v) is 37.5. The van der Waals surface area contributed by atoms with Crippen LogP contribution in [0.25, 0.3) is 10.8 Å². The van der Waals surface area contributed by atoms with E-state index in [2.05, 4.69) is 308 Å². The van der Waals surface area contributed by atoms with Crippen LogP contribution in [0.1, 0.15) is 161 Å². The van der Waals surface area contributed by atoms with Gasteiger partial charge in [-0.25, -0.2) is 9.18 Å². The Morgan fingerprint density at radius 3 is 1.17 bits per heavy atom. The smallest absolute Gasteiger partial charge is 0.420 e. The number of amides is 3. The molecular weight excluding hydrogens is 1830 g/mol. The van der Waals surface area contributed by atoms with Crippen LogP contribution in [-0.2, 0) is 38.1 Å². The van der Waals surface area contributed by atoms with Crippen LogP contribution >= 0.6 is 23.2 Å². The predicted molar refractivity (Wildman–Crippen MR) is 587 cm³/mol. The molecule has 3 amide bonds. The van der Waals surface area contributed by atoms with Gasteiger partial charge in [0.15, 0.2) is 0 Å². The minimum absolute atomic E-state index is 0.0253. The molecule has 5 aliphatic rings. The summed E-state index contributed by atoms with van der Waals surface area (Å²) in [6.07, 6.45) is -0.378. The van der Waals surface area contributed by atoms with Gasteiger partial charge in [-0.15, -0.1) is 0 Å². The molecule has 0 saturated carbocycles. The highest BCUT2D eigenvalue weighted by Gasteiger charge is 2.44. The first-order valence-corrected chi connectivity index (χ1v) is 49.7. The Labute approximate surface area is 855 Å². The zero-order valence-corrected chi connectivity index (χ0v) is 81.3. The second kappa shape index (κ2) is 43.1. The first-order valence-electron chi connectivity index (χ1n) is 48.9. The minimum atomic E-state index is -0.587. The summed E-state index contributed by atoms with van der Waals surface area (Å²) in [4.78, 5) is 45.8. The molecule has 20 aromatic rings. The average Bonchev–Trinajstić information content (AvgIpc) is 1.69. The number of halogens is 3. The van der Waals surface area contributed by atoms with Gasteiger partial charge in [0.1, 0.15) is 17.3 Å². The Kier molecular flexibility index (Phi) is 27.9. The van der Waals surface area contributed by atoms with E-state index in [-0.39, 0.29) is 47.4 Å². The number of para-hydroxylation sites is 5. The number of hydrogen-bond donors (Lipinski definition) is 2. The van der Waals surface area contributed by atoms with E-state index in [0.717, 1.165) is 95.8 Å². The summed E-state index contributed by atoms with van der Waals surface area (Å²) in [7, 11) is 1.69. The summed E-state index contributed by atoms with van der Waals surface area (Å²) in [5.74, 6) is 1.51. The molecule has 13 heteroatoms. The van der Waals surface area contributed by atoms with Crippen molar-refractivity contribution in [3.63, 3.8) is 0 Å². The molecule has 0 aromatic heterocycles. The lowest BCUT2D eigenvalue weighted by atomic mass is 9.64. The lowest BCUT2D eigenvalue weighted by Gasteiger charge is -2.37. The van der Waals surface area contributed by atoms with Crippen molar-refractivity contribution < 1.29 is 28.2 Å². The van der Waals surface area contributed by atoms with Crippen molar-refractivity contribution in [1.29, 1.82) is 0 Å². The zero-order valence-electron chi connectivity index (χ0n) is 79.8. The first kappa shape index (κ1) is 94.0. The molecule has 25 rings (SSSR count). The number of ether oxygens (including phenoxy) is 2. The standard InChI is InChI=1S/C27H20ClNO.C27H22FNO.C27H21NO2.C27H21NO.C24H18ClN/c28-22-16-14-20(15-17-22)27(30)29-18-21-10-4-5-11-23(21)26(19-8-2-1-3-9-19)24-12-6-7-13-25(24)29;1-30-23-15-16-24-19(17-23)18-29-26-10-6-5-9-25(26)27(24,20-7-3-2-4-8-20)21-11-13-22(28)14-12-21;29-27(30-22-14-5-2-6-15-22)28-19-21-13-7-8-16-23(21)26(20-11-3-1-4-12-20)24-17-9-10-18-25(24)28;29-27(21-13-5-2-6-14-21)28-19-22-15-7-8-16-23(22)26(20-11-3-1-4-12-20)24-17-9-10-18-25(24)28;25-20-10-11-23-22(14-20)24(16-6-2-1-3-7-16)21-13-18-9-5-4-8-17(18)12-19(21)15-26-23/h1-17,26H,18H2;2-17,29H,18H2,1H3;1-18,26H,19H2;1-18,26H,19H2;1-14,24,26H,15H2. The maximum Gasteiger partial charge on any atom is 0.420 e. The summed E-state index contributed by atoms with van der Waals surface area (Å²) in [5.41, 5.74) is 30.8. The third-order valence-corrected chi connectivity index (χ3v) is 28.6. The Bertz CT molecular complexity index is 8010. The van der Waals surface area contributed by atoms with Crippen molar-refractivity contribution in [3.8, 4) is 11.5 Å². The van der Waals surface area contributed by atoms with Crippen molar-refractivity contribution in [2.45, 2.75) is 61.8 Å². The monoisotopic (exact) mass is 1930 g/mol. The Morgan fingerprint density at radius 2 is 0.669 bits per heavy atom. The van der Waals surface area contributed by atoms with Crippen LogP contribution in [0.2, 0.25) is 10.0 Å². The maximum absolute atomic E-state index is 13.9. The van der Waals surface area contributed by atoms with Gasteiger partial charge in [-0.05, 0) is 255 Å². The number of fused-ring (bicyclic) bond motifs is 11. The fraction of sp³-hybridized carbons (Fsp3) is 0.0833. The quantitative estimate of drug-likeness (QED) is 0.141. The lowest BCUT2D eigenvalue weighted by molar-refractivity contribution is 0.0977. The highest BCUT2D eigenvalue weighted by molar-refractivity contribution is 6.31. The van der Waals surface area contributed by atoms with E-state index in [1.807, 2.05) is 168 Å². The molecule has 145 heavy (non-hydrogen) atoms. The van der Waals surface area contributed by atoms with Gasteiger partial charge in [0.05, 0.1) is 37.8 Å². The highest BCUT2D eigenvalue weighted by atomic mass is 35.5. The molecule has 706 valence electrons. The van der Waals surface area contributed by atoms with E-state index in [9.17, 15) is 18.8 Å². The van der Waals surface area contributed by atoms with E-state index in [1.54, 1.807) is 60.5 Å². The number of carbonyl (C=O) groups excluding carboxylic acids is 3. The lowest BCUT2D eigenvalue weighted by Crippen LogP contribution is -2.33. The van der Waals surface area contributed by atoms with Crippen molar-refractivity contribution in [1.82, 2.24) is 0 Å².